The van der Waals surface area contributed by atoms with E-state index < -0.39 is 35.2 Å². The second-order valence-corrected chi connectivity index (χ2v) is 9.90. The number of carbonyl (C=O) groups excluding carboxylic acids is 4. The molecule has 4 heterocycles. The van der Waals surface area contributed by atoms with Gasteiger partial charge in [0.15, 0.2) is 11.5 Å². The standard InChI is InChI=1S/C26H26N4O6/c1-12-3-5-15-22(13(12)2)28-25(34)26(15)21-20(16(29-26)6-8-19(27)31)23(32)30(24(21)33)10-14-4-7-17-18(9-14)36-11-35-17/h3-5,7,9,16,20-21,29H,6,8,10-11H2,1-2H3,(H2,27,31)(H,28,34)/t16-,20+,21+,26+/m0/s1. The van der Waals surface area contributed by atoms with E-state index in [1.165, 1.54) is 4.90 Å². The lowest BCUT2D eigenvalue weighted by molar-refractivity contribution is -0.143. The molecular weight excluding hydrogens is 464 g/mol. The van der Waals surface area contributed by atoms with Crippen LogP contribution in [0.3, 0.4) is 0 Å². The van der Waals surface area contributed by atoms with Crippen molar-refractivity contribution in [2.24, 2.45) is 17.6 Å². The molecule has 6 rings (SSSR count). The number of primary amides is 1. The minimum Gasteiger partial charge on any atom is -0.454 e. The number of benzene rings is 2. The lowest BCUT2D eigenvalue weighted by Crippen LogP contribution is -2.53. The molecule has 36 heavy (non-hydrogen) atoms. The monoisotopic (exact) mass is 490 g/mol. The molecule has 0 bridgehead atoms. The Bertz CT molecular complexity index is 1360. The molecule has 4 N–H and O–H groups in total. The highest BCUT2D eigenvalue weighted by Crippen LogP contribution is 2.54. The van der Waals surface area contributed by atoms with Crippen molar-refractivity contribution in [1.82, 2.24) is 10.2 Å². The highest BCUT2D eigenvalue weighted by Gasteiger charge is 2.70. The van der Waals surface area contributed by atoms with E-state index in [0.29, 0.717) is 28.3 Å². The number of likely N-dealkylation sites (tertiary alicyclic amines) is 1. The fraction of sp³-hybridized carbons (Fsp3) is 0.385. The second-order valence-electron chi connectivity index (χ2n) is 9.90. The summed E-state index contributed by atoms with van der Waals surface area (Å²) in [5.41, 5.74) is 7.93. The number of rotatable bonds is 5. The average Bonchev–Trinajstić information content (AvgIpc) is 3.57. The van der Waals surface area contributed by atoms with Gasteiger partial charge in [0, 0.05) is 23.7 Å². The van der Waals surface area contributed by atoms with Crippen LogP contribution >= 0.6 is 0 Å². The van der Waals surface area contributed by atoms with Crippen LogP contribution in [-0.4, -0.2) is 41.4 Å². The first-order valence-electron chi connectivity index (χ1n) is 11.9. The Morgan fingerprint density at radius 1 is 1.11 bits per heavy atom. The van der Waals surface area contributed by atoms with Gasteiger partial charge < -0.3 is 20.5 Å². The summed E-state index contributed by atoms with van der Waals surface area (Å²) in [4.78, 5) is 54.1. The van der Waals surface area contributed by atoms with Crippen LogP contribution in [0.15, 0.2) is 30.3 Å². The zero-order chi connectivity index (χ0) is 25.4. The Labute approximate surface area is 207 Å². The van der Waals surface area contributed by atoms with Crippen LogP contribution in [0.4, 0.5) is 5.69 Å². The van der Waals surface area contributed by atoms with Crippen molar-refractivity contribution in [2.45, 2.75) is 44.8 Å². The summed E-state index contributed by atoms with van der Waals surface area (Å²) < 4.78 is 10.8. The van der Waals surface area contributed by atoms with Gasteiger partial charge in [-0.15, -0.1) is 0 Å². The predicted octanol–water partition coefficient (Wildman–Crippen LogP) is 1.22. The number of nitrogens with zero attached hydrogens (tertiary/aromatic N) is 1. The number of hydrogen-bond donors (Lipinski definition) is 3. The topological polar surface area (TPSA) is 140 Å². The summed E-state index contributed by atoms with van der Waals surface area (Å²) in [6, 6.07) is 8.46. The minimum absolute atomic E-state index is 0.0298. The summed E-state index contributed by atoms with van der Waals surface area (Å²) in [6.07, 6.45) is 0.268. The molecule has 186 valence electrons. The van der Waals surface area contributed by atoms with Crippen LogP contribution in [0.5, 0.6) is 11.5 Å². The molecule has 2 aromatic rings. The number of hydrogen-bond acceptors (Lipinski definition) is 7. The van der Waals surface area contributed by atoms with Gasteiger partial charge in [0.2, 0.25) is 30.4 Å². The lowest BCUT2D eigenvalue weighted by atomic mass is 9.76. The SMILES string of the molecule is Cc1ccc2c(c1C)NC(=O)[C@@]21N[C@@H](CCC(N)=O)[C@H]2C(=O)N(Cc3ccc4c(c3)OCO4)C(=O)[C@@H]21. The fourth-order valence-electron chi connectivity index (χ4n) is 6.10. The summed E-state index contributed by atoms with van der Waals surface area (Å²) in [5.74, 6) is -2.25. The van der Waals surface area contributed by atoms with Gasteiger partial charge in [-0.3, -0.25) is 29.4 Å². The average molecular weight is 491 g/mol. The largest absolute Gasteiger partial charge is 0.454 e. The summed E-state index contributed by atoms with van der Waals surface area (Å²) in [7, 11) is 0. The Morgan fingerprint density at radius 2 is 1.89 bits per heavy atom. The van der Waals surface area contributed by atoms with Crippen molar-refractivity contribution in [3.63, 3.8) is 0 Å². The fourth-order valence-corrected chi connectivity index (χ4v) is 6.10. The molecule has 2 aromatic carbocycles. The molecule has 4 aliphatic heterocycles. The number of amides is 4. The molecule has 0 aromatic heterocycles. The number of imide groups is 1. The summed E-state index contributed by atoms with van der Waals surface area (Å²) in [5, 5.41) is 6.29. The van der Waals surface area contributed by atoms with E-state index >= 15 is 0 Å². The zero-order valence-corrected chi connectivity index (χ0v) is 19.9. The molecule has 10 heteroatoms. The molecule has 2 fully saturated rings. The molecule has 4 aliphatic rings. The van der Waals surface area contributed by atoms with Crippen molar-refractivity contribution in [3.8, 4) is 11.5 Å². The van der Waals surface area contributed by atoms with Gasteiger partial charge in [0.05, 0.1) is 18.4 Å². The quantitative estimate of drug-likeness (QED) is 0.536. The molecule has 1 spiro atoms. The van der Waals surface area contributed by atoms with Crippen molar-refractivity contribution in [1.29, 1.82) is 0 Å². The third kappa shape index (κ3) is 3.00. The summed E-state index contributed by atoms with van der Waals surface area (Å²) in [6.45, 7) is 4.03. The highest BCUT2D eigenvalue weighted by molar-refractivity contribution is 6.15. The van der Waals surface area contributed by atoms with E-state index in [4.69, 9.17) is 15.2 Å². The van der Waals surface area contributed by atoms with Gasteiger partial charge in [-0.25, -0.2) is 0 Å². The number of carbonyl (C=O) groups is 4. The van der Waals surface area contributed by atoms with E-state index in [2.05, 4.69) is 10.6 Å². The van der Waals surface area contributed by atoms with Gasteiger partial charge in [0.1, 0.15) is 5.54 Å². The molecular formula is C26H26N4O6. The number of anilines is 1. The van der Waals surface area contributed by atoms with E-state index in [1.807, 2.05) is 26.0 Å². The van der Waals surface area contributed by atoms with Gasteiger partial charge in [-0.05, 0) is 49.1 Å². The van der Waals surface area contributed by atoms with Crippen LogP contribution in [-0.2, 0) is 31.3 Å². The first-order chi connectivity index (χ1) is 17.2. The summed E-state index contributed by atoms with van der Waals surface area (Å²) >= 11 is 0. The highest BCUT2D eigenvalue weighted by atomic mass is 16.7. The Balaban J connectivity index is 1.41. The molecule has 10 nitrogen and oxygen atoms in total. The molecule has 0 radical (unpaired) electrons. The van der Waals surface area contributed by atoms with Crippen LogP contribution < -0.4 is 25.8 Å². The van der Waals surface area contributed by atoms with Crippen molar-refractivity contribution >= 4 is 29.3 Å². The van der Waals surface area contributed by atoms with Gasteiger partial charge in [-0.2, -0.15) is 0 Å². The van der Waals surface area contributed by atoms with Crippen LogP contribution in [0.25, 0.3) is 0 Å². The number of aryl methyl sites for hydroxylation is 1. The molecule has 4 atom stereocenters. The Morgan fingerprint density at radius 3 is 2.67 bits per heavy atom. The van der Waals surface area contributed by atoms with E-state index in [9.17, 15) is 19.2 Å². The first-order valence-corrected chi connectivity index (χ1v) is 11.9. The zero-order valence-electron chi connectivity index (χ0n) is 19.9. The third-order valence-corrected chi connectivity index (χ3v) is 7.99. The molecule has 4 amide bonds. The van der Waals surface area contributed by atoms with Crippen molar-refractivity contribution in [2.75, 3.05) is 12.1 Å². The van der Waals surface area contributed by atoms with E-state index in [0.717, 1.165) is 11.1 Å². The van der Waals surface area contributed by atoms with E-state index in [1.54, 1.807) is 18.2 Å². The molecule has 0 saturated carbocycles. The maximum atomic E-state index is 13.9. The number of nitrogens with two attached hydrogens (primary N) is 1. The first kappa shape index (κ1) is 22.5. The third-order valence-electron chi connectivity index (χ3n) is 7.99. The smallest absolute Gasteiger partial charge is 0.250 e. The number of nitrogens with one attached hydrogen (secondary N) is 2. The van der Waals surface area contributed by atoms with Gasteiger partial charge in [0.25, 0.3) is 0 Å². The Hall–Kier alpha value is -3.92. The maximum absolute atomic E-state index is 13.9. The second kappa shape index (κ2) is 7.79. The van der Waals surface area contributed by atoms with Crippen LogP contribution in [0, 0.1) is 25.7 Å². The number of fused-ring (bicyclic) bond motifs is 5. The van der Waals surface area contributed by atoms with E-state index in [-0.39, 0.29) is 38.0 Å². The van der Waals surface area contributed by atoms with Crippen molar-refractivity contribution in [3.05, 3.63) is 52.6 Å². The van der Waals surface area contributed by atoms with Gasteiger partial charge >= 0.3 is 0 Å². The minimum atomic E-state index is -1.41. The maximum Gasteiger partial charge on any atom is 0.250 e. The normalized spacial score (nSPS) is 27.6. The Kier molecular flexibility index (Phi) is 4.88. The lowest BCUT2D eigenvalue weighted by Gasteiger charge is -2.29. The predicted molar refractivity (Wildman–Crippen MR) is 127 cm³/mol. The van der Waals surface area contributed by atoms with Crippen LogP contribution in [0.2, 0.25) is 0 Å². The number of ether oxygens (including phenoxy) is 2. The van der Waals surface area contributed by atoms with Crippen LogP contribution in [0.1, 0.15) is 35.1 Å². The molecule has 2 saturated heterocycles. The van der Waals surface area contributed by atoms with Crippen molar-refractivity contribution < 1.29 is 28.7 Å². The molecule has 0 aliphatic carbocycles. The van der Waals surface area contributed by atoms with Gasteiger partial charge in [-0.1, -0.05) is 18.2 Å². The molecule has 0 unspecified atom stereocenters.